The zero-order valence-corrected chi connectivity index (χ0v) is 13.4. The molecular weight excluding hydrogens is 292 g/mol. The van der Waals surface area contributed by atoms with Crippen LogP contribution in [0.2, 0.25) is 0 Å². The van der Waals surface area contributed by atoms with Gasteiger partial charge in [0.1, 0.15) is 4.75 Å². The van der Waals surface area contributed by atoms with Gasteiger partial charge in [-0.3, -0.25) is 0 Å². The van der Waals surface area contributed by atoms with Crippen LogP contribution in [-0.2, 0) is 14.6 Å². The van der Waals surface area contributed by atoms with Crippen LogP contribution in [0.15, 0.2) is 0 Å². The van der Waals surface area contributed by atoms with Gasteiger partial charge in [0.2, 0.25) is 0 Å². The van der Waals surface area contributed by atoms with Gasteiger partial charge in [0.15, 0.2) is 9.84 Å². The van der Waals surface area contributed by atoms with Crippen molar-refractivity contribution in [3.63, 3.8) is 0 Å². The normalized spacial score (nSPS) is 29.9. The van der Waals surface area contributed by atoms with Crippen LogP contribution < -0.4 is 0 Å². The first-order valence-electron chi connectivity index (χ1n) is 7.84. The highest BCUT2D eigenvalue weighted by Crippen LogP contribution is 2.45. The van der Waals surface area contributed by atoms with E-state index in [-0.39, 0.29) is 17.7 Å². The molecule has 3 fully saturated rings. The standard InChI is InChI=1S/C14H24N2O4S/c1-2-20-9-12-5-8-21(18,19)14(12)10-16(11-14)13(17)15-6-3-4-7-15/h12H,2-11H2,1H3. The zero-order chi connectivity index (χ0) is 15.1. The van der Waals surface area contributed by atoms with E-state index in [0.29, 0.717) is 32.7 Å². The number of ether oxygens (including phenoxy) is 1. The topological polar surface area (TPSA) is 66.9 Å². The molecule has 120 valence electrons. The fraction of sp³-hybridized carbons (Fsp3) is 0.929. The maximum atomic E-state index is 12.4. The minimum absolute atomic E-state index is 0.00962. The van der Waals surface area contributed by atoms with E-state index >= 15 is 0 Å². The summed E-state index contributed by atoms with van der Waals surface area (Å²) in [5.74, 6) is 0.265. The molecule has 0 bridgehead atoms. The maximum Gasteiger partial charge on any atom is 0.320 e. The number of carbonyl (C=O) groups excluding carboxylic acids is 1. The van der Waals surface area contributed by atoms with Crippen LogP contribution >= 0.6 is 0 Å². The molecule has 7 heteroatoms. The third kappa shape index (κ3) is 2.34. The Bertz CT molecular complexity index is 507. The van der Waals surface area contributed by atoms with Gasteiger partial charge in [-0.15, -0.1) is 0 Å². The summed E-state index contributed by atoms with van der Waals surface area (Å²) in [7, 11) is -3.11. The summed E-state index contributed by atoms with van der Waals surface area (Å²) in [5, 5.41) is 0. The van der Waals surface area contributed by atoms with Crippen LogP contribution in [0.4, 0.5) is 4.79 Å². The van der Waals surface area contributed by atoms with Crippen molar-refractivity contribution in [2.45, 2.75) is 30.9 Å². The minimum atomic E-state index is -3.11. The predicted octanol–water partition coefficient (Wildman–Crippen LogP) is 0.728. The quantitative estimate of drug-likeness (QED) is 0.770. The number of sulfone groups is 1. The lowest BCUT2D eigenvalue weighted by molar-refractivity contribution is 0.0409. The number of rotatable bonds is 3. The van der Waals surface area contributed by atoms with Crippen molar-refractivity contribution < 1.29 is 17.9 Å². The van der Waals surface area contributed by atoms with E-state index in [9.17, 15) is 13.2 Å². The van der Waals surface area contributed by atoms with Crippen LogP contribution in [0.1, 0.15) is 26.2 Å². The Morgan fingerprint density at radius 3 is 2.52 bits per heavy atom. The van der Waals surface area contributed by atoms with Gasteiger partial charge in [0.05, 0.1) is 12.4 Å². The first kappa shape index (κ1) is 15.1. The summed E-state index contributed by atoms with van der Waals surface area (Å²) in [4.78, 5) is 15.9. The van der Waals surface area contributed by atoms with Gasteiger partial charge in [-0.2, -0.15) is 0 Å². The van der Waals surface area contributed by atoms with Crippen LogP contribution in [-0.4, -0.2) is 74.1 Å². The maximum absolute atomic E-state index is 12.4. The number of carbonyl (C=O) groups is 1. The lowest BCUT2D eigenvalue weighted by Gasteiger charge is -2.50. The van der Waals surface area contributed by atoms with Crippen LogP contribution in [0.5, 0.6) is 0 Å². The molecule has 1 atom stereocenters. The molecule has 1 spiro atoms. The third-order valence-electron chi connectivity index (χ3n) is 5.19. The van der Waals surface area contributed by atoms with Crippen molar-refractivity contribution in [3.05, 3.63) is 0 Å². The number of amides is 2. The largest absolute Gasteiger partial charge is 0.381 e. The van der Waals surface area contributed by atoms with Crippen LogP contribution in [0, 0.1) is 5.92 Å². The molecule has 6 nitrogen and oxygen atoms in total. The van der Waals surface area contributed by atoms with Crippen LogP contribution in [0.3, 0.4) is 0 Å². The van der Waals surface area contributed by atoms with Crippen molar-refractivity contribution in [2.24, 2.45) is 5.92 Å². The predicted molar refractivity (Wildman–Crippen MR) is 78.9 cm³/mol. The van der Waals surface area contributed by atoms with Gasteiger partial charge in [-0.05, 0) is 26.2 Å². The van der Waals surface area contributed by atoms with Crippen LogP contribution in [0.25, 0.3) is 0 Å². The number of hydrogen-bond donors (Lipinski definition) is 0. The molecule has 3 aliphatic rings. The van der Waals surface area contributed by atoms with Crippen molar-refractivity contribution >= 4 is 15.9 Å². The monoisotopic (exact) mass is 316 g/mol. The molecule has 3 saturated heterocycles. The minimum Gasteiger partial charge on any atom is -0.381 e. The molecule has 21 heavy (non-hydrogen) atoms. The second-order valence-electron chi connectivity index (χ2n) is 6.36. The smallest absolute Gasteiger partial charge is 0.320 e. The average Bonchev–Trinajstić information content (AvgIpc) is 3.00. The Hall–Kier alpha value is -0.820. The SMILES string of the molecule is CCOCC1CCS(=O)(=O)C12CN(C(=O)N1CCCC1)C2. The molecule has 1 unspecified atom stereocenters. The molecule has 0 aromatic rings. The third-order valence-corrected chi connectivity index (χ3v) is 7.79. The summed E-state index contributed by atoms with van der Waals surface area (Å²) in [5.41, 5.74) is 0. The Morgan fingerprint density at radius 1 is 1.24 bits per heavy atom. The van der Waals surface area contributed by atoms with Crippen molar-refractivity contribution in [3.8, 4) is 0 Å². The lowest BCUT2D eigenvalue weighted by atomic mass is 9.84. The Balaban J connectivity index is 1.68. The summed E-state index contributed by atoms with van der Waals surface area (Å²) in [6, 6.07) is 0.00962. The molecule has 0 saturated carbocycles. The lowest BCUT2D eigenvalue weighted by Crippen LogP contribution is -2.70. The zero-order valence-electron chi connectivity index (χ0n) is 12.6. The first-order chi connectivity index (χ1) is 10.00. The first-order valence-corrected chi connectivity index (χ1v) is 9.49. The molecule has 3 rings (SSSR count). The second-order valence-corrected chi connectivity index (χ2v) is 8.81. The van der Waals surface area contributed by atoms with E-state index < -0.39 is 14.6 Å². The molecule has 3 aliphatic heterocycles. The molecule has 3 heterocycles. The van der Waals surface area contributed by atoms with E-state index in [2.05, 4.69) is 0 Å². The number of nitrogens with zero attached hydrogens (tertiary/aromatic N) is 2. The summed E-state index contributed by atoms with van der Waals surface area (Å²) in [6.45, 7) is 5.31. The average molecular weight is 316 g/mol. The van der Waals surface area contributed by atoms with Gasteiger partial charge in [-0.1, -0.05) is 0 Å². The fourth-order valence-electron chi connectivity index (χ4n) is 3.81. The molecule has 0 aliphatic carbocycles. The number of likely N-dealkylation sites (tertiary alicyclic amines) is 2. The molecule has 0 aromatic carbocycles. The summed E-state index contributed by atoms with van der Waals surface area (Å²) in [6.07, 6.45) is 2.76. The van der Waals surface area contributed by atoms with E-state index in [1.165, 1.54) is 0 Å². The molecule has 0 N–H and O–H groups in total. The molecular formula is C14H24N2O4S. The highest BCUT2D eigenvalue weighted by atomic mass is 32.2. The van der Waals surface area contributed by atoms with Gasteiger partial charge in [0.25, 0.3) is 0 Å². The highest BCUT2D eigenvalue weighted by Gasteiger charge is 2.62. The molecule has 2 amide bonds. The summed E-state index contributed by atoms with van der Waals surface area (Å²) >= 11 is 0. The fourth-order valence-corrected chi connectivity index (χ4v) is 6.21. The van der Waals surface area contributed by atoms with Gasteiger partial charge < -0.3 is 14.5 Å². The number of urea groups is 1. The van der Waals surface area contributed by atoms with Crippen molar-refractivity contribution in [1.29, 1.82) is 0 Å². The highest BCUT2D eigenvalue weighted by molar-refractivity contribution is 7.93. The van der Waals surface area contributed by atoms with Crippen molar-refractivity contribution in [1.82, 2.24) is 9.80 Å². The number of hydrogen-bond acceptors (Lipinski definition) is 4. The molecule has 0 radical (unpaired) electrons. The van der Waals surface area contributed by atoms with Crippen molar-refractivity contribution in [2.75, 3.05) is 45.1 Å². The Labute approximate surface area is 126 Å². The van der Waals surface area contributed by atoms with Gasteiger partial charge in [0, 0.05) is 38.7 Å². The van der Waals surface area contributed by atoms with Gasteiger partial charge in [-0.25, -0.2) is 13.2 Å². The van der Waals surface area contributed by atoms with Gasteiger partial charge >= 0.3 is 6.03 Å². The summed E-state index contributed by atoms with van der Waals surface area (Å²) < 4.78 is 29.6. The molecule has 0 aromatic heterocycles. The van der Waals surface area contributed by atoms with E-state index in [1.54, 1.807) is 4.90 Å². The van der Waals surface area contributed by atoms with E-state index in [4.69, 9.17) is 4.74 Å². The Morgan fingerprint density at radius 2 is 1.90 bits per heavy atom. The second kappa shape index (κ2) is 5.43. The van der Waals surface area contributed by atoms with E-state index in [0.717, 1.165) is 25.9 Å². The Kier molecular flexibility index (Phi) is 3.90. The van der Waals surface area contributed by atoms with E-state index in [1.807, 2.05) is 11.8 Å².